The Morgan fingerprint density at radius 2 is 2.07 bits per heavy atom. The highest BCUT2D eigenvalue weighted by Gasteiger charge is 2.04. The first kappa shape index (κ1) is 9.09. The van der Waals surface area contributed by atoms with Crippen molar-refractivity contribution in [1.82, 2.24) is 9.78 Å². The highest BCUT2D eigenvalue weighted by molar-refractivity contribution is 6.29. The van der Waals surface area contributed by atoms with Crippen LogP contribution in [0.3, 0.4) is 0 Å². The lowest BCUT2D eigenvalue weighted by Crippen LogP contribution is -1.97. The van der Waals surface area contributed by atoms with Crippen LogP contribution >= 0.6 is 11.6 Å². The molecule has 0 aliphatic rings. The van der Waals surface area contributed by atoms with Crippen molar-refractivity contribution in [2.75, 3.05) is 7.11 Å². The molecule has 0 spiro atoms. The average Bonchev–Trinajstić information content (AvgIpc) is 2.65. The van der Waals surface area contributed by atoms with Gasteiger partial charge in [0.15, 0.2) is 5.15 Å². The number of hydrogen-bond donors (Lipinski definition) is 0. The van der Waals surface area contributed by atoms with E-state index in [-0.39, 0.29) is 0 Å². The van der Waals surface area contributed by atoms with Crippen LogP contribution in [-0.2, 0) is 0 Å². The predicted molar refractivity (Wildman–Crippen MR) is 55.1 cm³/mol. The Labute approximate surface area is 86.9 Å². The van der Waals surface area contributed by atoms with E-state index in [4.69, 9.17) is 16.3 Å². The van der Waals surface area contributed by atoms with Gasteiger partial charge in [-0.3, -0.25) is 0 Å². The van der Waals surface area contributed by atoms with Crippen LogP contribution < -0.4 is 4.74 Å². The first-order chi connectivity index (χ1) is 6.81. The third-order valence-electron chi connectivity index (χ3n) is 1.89. The lowest BCUT2D eigenvalue weighted by Gasteiger charge is -2.06. The van der Waals surface area contributed by atoms with E-state index in [0.717, 1.165) is 11.4 Å². The molecule has 14 heavy (non-hydrogen) atoms. The molecule has 1 aromatic heterocycles. The fourth-order valence-electron chi connectivity index (χ4n) is 1.25. The number of rotatable bonds is 2. The molecule has 0 radical (unpaired) electrons. The van der Waals surface area contributed by atoms with E-state index in [0.29, 0.717) is 5.15 Å². The summed E-state index contributed by atoms with van der Waals surface area (Å²) in [4.78, 5) is 0. The van der Waals surface area contributed by atoms with Gasteiger partial charge in [-0.05, 0) is 18.2 Å². The molecule has 0 aliphatic heterocycles. The zero-order valence-electron chi connectivity index (χ0n) is 7.64. The summed E-state index contributed by atoms with van der Waals surface area (Å²) in [5.41, 5.74) is 0.877. The number of benzene rings is 1. The normalized spacial score (nSPS) is 10.1. The first-order valence-corrected chi connectivity index (χ1v) is 4.53. The van der Waals surface area contributed by atoms with Crippen LogP contribution in [0.2, 0.25) is 5.15 Å². The lowest BCUT2D eigenvalue weighted by molar-refractivity contribution is 0.411. The van der Waals surface area contributed by atoms with Gasteiger partial charge in [0.1, 0.15) is 11.4 Å². The highest BCUT2D eigenvalue weighted by atomic mass is 35.5. The van der Waals surface area contributed by atoms with Crippen molar-refractivity contribution in [1.29, 1.82) is 0 Å². The molecule has 4 heteroatoms. The molecule has 0 unspecified atom stereocenters. The van der Waals surface area contributed by atoms with Crippen molar-refractivity contribution in [2.24, 2.45) is 0 Å². The third-order valence-corrected chi connectivity index (χ3v) is 2.09. The van der Waals surface area contributed by atoms with Crippen LogP contribution in [0.5, 0.6) is 5.75 Å². The minimum absolute atomic E-state index is 0.468. The van der Waals surface area contributed by atoms with Crippen molar-refractivity contribution < 1.29 is 4.74 Å². The molecular formula is C10H9ClN2O. The summed E-state index contributed by atoms with van der Waals surface area (Å²) in [7, 11) is 1.63. The van der Waals surface area contributed by atoms with E-state index >= 15 is 0 Å². The second-order valence-corrected chi connectivity index (χ2v) is 3.14. The van der Waals surface area contributed by atoms with Crippen LogP contribution in [0.4, 0.5) is 0 Å². The smallest absolute Gasteiger partial charge is 0.151 e. The number of halogens is 1. The van der Waals surface area contributed by atoms with Crippen LogP contribution in [0.25, 0.3) is 5.69 Å². The zero-order chi connectivity index (χ0) is 9.97. The maximum absolute atomic E-state index is 5.73. The van der Waals surface area contributed by atoms with E-state index in [9.17, 15) is 0 Å². The lowest BCUT2D eigenvalue weighted by atomic mass is 10.3. The maximum atomic E-state index is 5.73. The Bertz CT molecular complexity index is 439. The molecule has 2 rings (SSSR count). The Morgan fingerprint density at radius 1 is 1.29 bits per heavy atom. The van der Waals surface area contributed by atoms with Gasteiger partial charge < -0.3 is 4.74 Å². The summed E-state index contributed by atoms with van der Waals surface area (Å²) in [5.74, 6) is 0.771. The SMILES string of the molecule is COc1ccccc1-n1ccc(Cl)n1. The number of ether oxygens (including phenoxy) is 1. The van der Waals surface area contributed by atoms with Crippen molar-refractivity contribution >= 4 is 11.6 Å². The van der Waals surface area contributed by atoms with Gasteiger partial charge in [0.05, 0.1) is 7.11 Å². The second kappa shape index (κ2) is 3.72. The number of methoxy groups -OCH3 is 1. The third kappa shape index (κ3) is 1.59. The maximum Gasteiger partial charge on any atom is 0.151 e. The molecule has 1 heterocycles. The summed E-state index contributed by atoms with van der Waals surface area (Å²) < 4.78 is 6.89. The number of aromatic nitrogens is 2. The average molecular weight is 209 g/mol. The van der Waals surface area contributed by atoms with Gasteiger partial charge in [-0.15, -0.1) is 0 Å². The minimum atomic E-state index is 0.468. The van der Waals surface area contributed by atoms with Gasteiger partial charge in [0, 0.05) is 6.20 Å². The van der Waals surface area contributed by atoms with Gasteiger partial charge in [-0.2, -0.15) is 5.10 Å². The van der Waals surface area contributed by atoms with Crippen molar-refractivity contribution in [3.63, 3.8) is 0 Å². The molecule has 1 aromatic carbocycles. The first-order valence-electron chi connectivity index (χ1n) is 4.16. The van der Waals surface area contributed by atoms with E-state index in [2.05, 4.69) is 5.10 Å². The summed E-state index contributed by atoms with van der Waals surface area (Å²) in [6.07, 6.45) is 1.79. The standard InChI is InChI=1S/C10H9ClN2O/c1-14-9-5-3-2-4-8(9)13-7-6-10(11)12-13/h2-7H,1H3. The predicted octanol–water partition coefficient (Wildman–Crippen LogP) is 2.53. The molecule has 72 valence electrons. The van der Waals surface area contributed by atoms with Crippen molar-refractivity contribution in [2.45, 2.75) is 0 Å². The number of hydrogen-bond acceptors (Lipinski definition) is 2. The number of nitrogens with zero attached hydrogens (tertiary/aromatic N) is 2. The minimum Gasteiger partial charge on any atom is -0.494 e. The molecule has 0 saturated heterocycles. The molecule has 2 aromatic rings. The summed E-state index contributed by atoms with van der Waals surface area (Å²) >= 11 is 5.73. The topological polar surface area (TPSA) is 27.1 Å². The van der Waals surface area contributed by atoms with Gasteiger partial charge in [-0.25, -0.2) is 4.68 Å². The molecule has 0 aliphatic carbocycles. The quantitative estimate of drug-likeness (QED) is 0.759. The van der Waals surface area contributed by atoms with Crippen LogP contribution in [0, 0.1) is 0 Å². The van der Waals surface area contributed by atoms with Gasteiger partial charge in [-0.1, -0.05) is 23.7 Å². The molecule has 0 amide bonds. The van der Waals surface area contributed by atoms with E-state index < -0.39 is 0 Å². The molecule has 0 saturated carbocycles. The highest BCUT2D eigenvalue weighted by Crippen LogP contribution is 2.21. The summed E-state index contributed by atoms with van der Waals surface area (Å²) in [5, 5.41) is 4.56. The van der Waals surface area contributed by atoms with Crippen LogP contribution in [-0.4, -0.2) is 16.9 Å². The van der Waals surface area contributed by atoms with Crippen LogP contribution in [0.15, 0.2) is 36.5 Å². The monoisotopic (exact) mass is 208 g/mol. The zero-order valence-corrected chi connectivity index (χ0v) is 8.40. The van der Waals surface area contributed by atoms with Crippen molar-refractivity contribution in [3.8, 4) is 11.4 Å². The molecule has 0 N–H and O–H groups in total. The molecule has 3 nitrogen and oxygen atoms in total. The van der Waals surface area contributed by atoms with Crippen molar-refractivity contribution in [3.05, 3.63) is 41.7 Å². The van der Waals surface area contributed by atoms with Gasteiger partial charge in [0.25, 0.3) is 0 Å². The number of para-hydroxylation sites is 2. The molecular weight excluding hydrogens is 200 g/mol. The van der Waals surface area contributed by atoms with Crippen LogP contribution in [0.1, 0.15) is 0 Å². The van der Waals surface area contributed by atoms with E-state index in [1.54, 1.807) is 24.1 Å². The van der Waals surface area contributed by atoms with Gasteiger partial charge >= 0.3 is 0 Å². The summed E-state index contributed by atoms with van der Waals surface area (Å²) in [6.45, 7) is 0. The Balaban J connectivity index is 2.50. The molecule has 0 atom stereocenters. The summed E-state index contributed by atoms with van der Waals surface area (Å²) in [6, 6.07) is 9.36. The second-order valence-electron chi connectivity index (χ2n) is 2.75. The largest absolute Gasteiger partial charge is 0.494 e. The van der Waals surface area contributed by atoms with E-state index in [1.165, 1.54) is 0 Å². The van der Waals surface area contributed by atoms with Gasteiger partial charge in [0.2, 0.25) is 0 Å². The fourth-order valence-corrected chi connectivity index (χ4v) is 1.39. The Morgan fingerprint density at radius 3 is 2.71 bits per heavy atom. The Hall–Kier alpha value is -1.48. The molecule has 0 bridgehead atoms. The fraction of sp³-hybridized carbons (Fsp3) is 0.100. The Kier molecular flexibility index (Phi) is 2.41. The molecule has 0 fully saturated rings. The van der Waals surface area contributed by atoms with E-state index in [1.807, 2.05) is 24.3 Å².